The minimum absolute atomic E-state index is 0.103. The van der Waals surface area contributed by atoms with Crippen molar-refractivity contribution in [2.24, 2.45) is 0 Å². The second-order valence-corrected chi connectivity index (χ2v) is 10.1. The predicted molar refractivity (Wildman–Crippen MR) is 114 cm³/mol. The van der Waals surface area contributed by atoms with Gasteiger partial charge in [0.25, 0.3) is 0 Å². The highest BCUT2D eigenvalue weighted by molar-refractivity contribution is 7.89. The number of carbonyl (C=O) groups is 1. The predicted octanol–water partition coefficient (Wildman–Crippen LogP) is 3.93. The molecule has 9 heteroatoms. The van der Waals surface area contributed by atoms with Crippen LogP contribution < -0.4 is 5.32 Å². The number of anilines is 1. The molecule has 29 heavy (non-hydrogen) atoms. The summed E-state index contributed by atoms with van der Waals surface area (Å²) < 4.78 is 31.4. The van der Waals surface area contributed by atoms with Gasteiger partial charge in [-0.05, 0) is 48.7 Å². The van der Waals surface area contributed by atoms with Gasteiger partial charge in [0.05, 0.1) is 10.3 Å². The maximum Gasteiger partial charge on any atom is 0.242 e. The van der Waals surface area contributed by atoms with Crippen molar-refractivity contribution in [3.05, 3.63) is 58.1 Å². The third kappa shape index (κ3) is 4.44. The SMILES string of the molecule is CN(C)S(=O)(=O)c1cccc(NC(=O)C2(c3ccc(Cl)cc3Cl)CCOCC2)c1. The number of hydrogen-bond acceptors (Lipinski definition) is 4. The second kappa shape index (κ2) is 8.62. The van der Waals surface area contributed by atoms with Crippen LogP contribution in [-0.2, 0) is 25.0 Å². The number of benzene rings is 2. The first-order valence-corrected chi connectivity index (χ1v) is 11.2. The van der Waals surface area contributed by atoms with E-state index < -0.39 is 15.4 Å². The molecule has 0 atom stereocenters. The quantitative estimate of drug-likeness (QED) is 0.739. The summed E-state index contributed by atoms with van der Waals surface area (Å²) in [5.74, 6) is -0.260. The average Bonchev–Trinajstić information content (AvgIpc) is 2.68. The van der Waals surface area contributed by atoms with Crippen LogP contribution in [0.2, 0.25) is 10.0 Å². The lowest BCUT2D eigenvalue weighted by atomic mass is 9.73. The molecule has 1 amide bonds. The average molecular weight is 457 g/mol. The summed E-state index contributed by atoms with van der Waals surface area (Å²) in [5.41, 5.74) is 0.186. The van der Waals surface area contributed by atoms with Crippen LogP contribution in [-0.4, -0.2) is 45.9 Å². The van der Waals surface area contributed by atoms with Crippen LogP contribution in [0.4, 0.5) is 5.69 Å². The Labute approximate surface area is 180 Å². The van der Waals surface area contributed by atoms with Gasteiger partial charge in [-0.1, -0.05) is 35.3 Å². The Bertz CT molecular complexity index is 1020. The van der Waals surface area contributed by atoms with Crippen molar-refractivity contribution in [3.8, 4) is 0 Å². The van der Waals surface area contributed by atoms with Crippen LogP contribution in [0.1, 0.15) is 18.4 Å². The van der Waals surface area contributed by atoms with E-state index in [4.69, 9.17) is 27.9 Å². The van der Waals surface area contributed by atoms with E-state index >= 15 is 0 Å². The summed E-state index contributed by atoms with van der Waals surface area (Å²) in [4.78, 5) is 13.5. The number of hydrogen-bond donors (Lipinski definition) is 1. The zero-order chi connectivity index (χ0) is 21.2. The van der Waals surface area contributed by atoms with E-state index in [2.05, 4.69) is 5.32 Å². The van der Waals surface area contributed by atoms with Gasteiger partial charge in [0.1, 0.15) is 0 Å². The van der Waals surface area contributed by atoms with E-state index in [0.29, 0.717) is 47.4 Å². The molecule has 0 saturated carbocycles. The van der Waals surface area contributed by atoms with Crippen LogP contribution in [0, 0.1) is 0 Å². The highest BCUT2D eigenvalue weighted by atomic mass is 35.5. The number of halogens is 2. The lowest BCUT2D eigenvalue weighted by Crippen LogP contribution is -2.45. The molecular formula is C20H22Cl2N2O4S. The lowest BCUT2D eigenvalue weighted by Gasteiger charge is -2.36. The Morgan fingerprint density at radius 3 is 2.41 bits per heavy atom. The summed E-state index contributed by atoms with van der Waals surface area (Å²) in [7, 11) is -0.696. The molecule has 0 bridgehead atoms. The first-order chi connectivity index (χ1) is 13.7. The third-order valence-electron chi connectivity index (χ3n) is 5.10. The molecule has 0 aromatic heterocycles. The van der Waals surface area contributed by atoms with Crippen molar-refractivity contribution in [3.63, 3.8) is 0 Å². The van der Waals surface area contributed by atoms with Gasteiger partial charge < -0.3 is 10.1 Å². The van der Waals surface area contributed by atoms with Crippen molar-refractivity contribution in [2.75, 3.05) is 32.6 Å². The van der Waals surface area contributed by atoms with Gasteiger partial charge in [-0.15, -0.1) is 0 Å². The standard InChI is InChI=1S/C20H22Cl2N2O4S/c1-24(2)29(26,27)16-5-3-4-15(13-16)23-19(25)20(8-10-28-11-9-20)17-7-6-14(21)12-18(17)22/h3-7,12-13H,8-11H2,1-2H3,(H,23,25). The summed E-state index contributed by atoms with van der Waals surface area (Å²) in [6, 6.07) is 11.3. The molecule has 156 valence electrons. The first-order valence-electron chi connectivity index (χ1n) is 9.04. The molecule has 1 N–H and O–H groups in total. The van der Waals surface area contributed by atoms with E-state index in [0.717, 1.165) is 4.31 Å². The zero-order valence-electron chi connectivity index (χ0n) is 16.1. The molecule has 0 radical (unpaired) electrons. The van der Waals surface area contributed by atoms with Gasteiger partial charge in [-0.3, -0.25) is 4.79 Å². The highest BCUT2D eigenvalue weighted by Gasteiger charge is 2.43. The molecule has 1 saturated heterocycles. The molecule has 0 aliphatic carbocycles. The van der Waals surface area contributed by atoms with Crippen LogP contribution in [0.15, 0.2) is 47.4 Å². The summed E-state index contributed by atoms with van der Waals surface area (Å²) >= 11 is 12.5. The van der Waals surface area contributed by atoms with E-state index in [1.54, 1.807) is 30.3 Å². The highest BCUT2D eigenvalue weighted by Crippen LogP contribution is 2.40. The topological polar surface area (TPSA) is 75.7 Å². The van der Waals surface area contributed by atoms with Crippen LogP contribution >= 0.6 is 23.2 Å². The molecule has 1 aliphatic rings. The number of amides is 1. The van der Waals surface area contributed by atoms with Crippen molar-refractivity contribution in [1.82, 2.24) is 4.31 Å². The Kier molecular flexibility index (Phi) is 6.55. The number of ether oxygens (including phenoxy) is 1. The Balaban J connectivity index is 1.97. The Morgan fingerprint density at radius 1 is 1.10 bits per heavy atom. The molecular weight excluding hydrogens is 435 g/mol. The Hall–Kier alpha value is -1.64. The fourth-order valence-electron chi connectivity index (χ4n) is 3.41. The number of nitrogens with one attached hydrogen (secondary N) is 1. The van der Waals surface area contributed by atoms with Gasteiger partial charge in [0, 0.05) is 43.0 Å². The molecule has 1 fully saturated rings. The minimum atomic E-state index is -3.61. The zero-order valence-corrected chi connectivity index (χ0v) is 18.4. The lowest BCUT2D eigenvalue weighted by molar-refractivity contribution is -0.125. The molecule has 2 aromatic rings. The normalized spacial score (nSPS) is 16.6. The van der Waals surface area contributed by atoms with E-state index in [1.807, 2.05) is 0 Å². The van der Waals surface area contributed by atoms with Gasteiger partial charge in [-0.2, -0.15) is 0 Å². The second-order valence-electron chi connectivity index (χ2n) is 7.09. The number of nitrogens with zero attached hydrogens (tertiary/aromatic N) is 1. The molecule has 3 rings (SSSR count). The van der Waals surface area contributed by atoms with Crippen molar-refractivity contribution in [2.45, 2.75) is 23.2 Å². The summed E-state index contributed by atoms with van der Waals surface area (Å²) in [6.07, 6.45) is 0.908. The van der Waals surface area contributed by atoms with Gasteiger partial charge >= 0.3 is 0 Å². The molecule has 0 unspecified atom stereocenters. The van der Waals surface area contributed by atoms with Gasteiger partial charge in [0.2, 0.25) is 15.9 Å². The van der Waals surface area contributed by atoms with Gasteiger partial charge in [0.15, 0.2) is 0 Å². The monoisotopic (exact) mass is 456 g/mol. The maximum absolute atomic E-state index is 13.4. The molecule has 1 aliphatic heterocycles. The fourth-order valence-corrected chi connectivity index (χ4v) is 4.95. The molecule has 2 aromatic carbocycles. The van der Waals surface area contributed by atoms with Crippen molar-refractivity contribution >= 4 is 44.8 Å². The minimum Gasteiger partial charge on any atom is -0.381 e. The van der Waals surface area contributed by atoms with Crippen molar-refractivity contribution < 1.29 is 17.9 Å². The van der Waals surface area contributed by atoms with Crippen LogP contribution in [0.3, 0.4) is 0 Å². The Morgan fingerprint density at radius 2 is 1.79 bits per heavy atom. The smallest absolute Gasteiger partial charge is 0.242 e. The van der Waals surface area contributed by atoms with Gasteiger partial charge in [-0.25, -0.2) is 12.7 Å². The molecule has 6 nitrogen and oxygen atoms in total. The van der Waals surface area contributed by atoms with Crippen molar-refractivity contribution in [1.29, 1.82) is 0 Å². The van der Waals surface area contributed by atoms with Crippen LogP contribution in [0.25, 0.3) is 0 Å². The van der Waals surface area contributed by atoms with E-state index in [-0.39, 0.29) is 10.8 Å². The maximum atomic E-state index is 13.4. The molecule has 0 spiro atoms. The fraction of sp³-hybridized carbons (Fsp3) is 0.350. The summed E-state index contributed by atoms with van der Waals surface area (Å²) in [5, 5.41) is 3.78. The van der Waals surface area contributed by atoms with E-state index in [1.165, 1.54) is 26.2 Å². The van der Waals surface area contributed by atoms with E-state index in [9.17, 15) is 13.2 Å². The number of sulfonamides is 1. The summed E-state index contributed by atoms with van der Waals surface area (Å²) in [6.45, 7) is 0.836. The number of rotatable bonds is 5. The number of carbonyl (C=O) groups excluding carboxylic acids is 1. The van der Waals surface area contributed by atoms with Crippen LogP contribution in [0.5, 0.6) is 0 Å². The largest absolute Gasteiger partial charge is 0.381 e. The molecule has 1 heterocycles. The first kappa shape index (κ1) is 22.1. The third-order valence-corrected chi connectivity index (χ3v) is 7.46.